The van der Waals surface area contributed by atoms with Gasteiger partial charge in [-0.1, -0.05) is 0 Å². The van der Waals surface area contributed by atoms with Crippen LogP contribution in [0.15, 0.2) is 18.2 Å². The molecule has 0 unspecified atom stereocenters. The van der Waals surface area contributed by atoms with Gasteiger partial charge in [-0.25, -0.2) is 4.39 Å². The van der Waals surface area contributed by atoms with E-state index in [1.807, 2.05) is 13.8 Å². The van der Waals surface area contributed by atoms with Crippen LogP contribution in [0.2, 0.25) is 0 Å². The number of benzene rings is 1. The molecule has 0 aliphatic carbocycles. The average Bonchev–Trinajstić information content (AvgIpc) is 2.11. The Hall–Kier alpha value is -1.09. The minimum absolute atomic E-state index is 0.267. The Labute approximate surface area is 83.6 Å². The van der Waals surface area contributed by atoms with Gasteiger partial charge < -0.3 is 9.47 Å². The molecule has 0 spiro atoms. The molecule has 0 fully saturated rings. The van der Waals surface area contributed by atoms with E-state index in [1.54, 1.807) is 6.07 Å². The molecule has 0 amide bonds. The second-order valence-corrected chi connectivity index (χ2v) is 3.01. The Balaban J connectivity index is 2.42. The monoisotopic (exact) mass is 198 g/mol. The van der Waals surface area contributed by atoms with Gasteiger partial charge >= 0.3 is 0 Å². The topological polar surface area (TPSA) is 18.5 Å². The quantitative estimate of drug-likeness (QED) is 0.677. The highest BCUT2D eigenvalue weighted by Crippen LogP contribution is 2.15. The van der Waals surface area contributed by atoms with Crippen LogP contribution in [-0.2, 0) is 4.74 Å². The van der Waals surface area contributed by atoms with Crippen LogP contribution in [0, 0.1) is 12.7 Å². The van der Waals surface area contributed by atoms with E-state index in [1.165, 1.54) is 12.1 Å². The van der Waals surface area contributed by atoms with Crippen molar-refractivity contribution in [2.45, 2.75) is 13.8 Å². The van der Waals surface area contributed by atoms with E-state index >= 15 is 0 Å². The third kappa shape index (κ3) is 3.75. The maximum Gasteiger partial charge on any atom is 0.127 e. The molecule has 3 heteroatoms. The Kier molecular flexibility index (Phi) is 4.40. The van der Waals surface area contributed by atoms with E-state index in [0.29, 0.717) is 25.6 Å². The van der Waals surface area contributed by atoms with Gasteiger partial charge in [-0.05, 0) is 31.5 Å². The van der Waals surface area contributed by atoms with Crippen LogP contribution >= 0.6 is 0 Å². The van der Waals surface area contributed by atoms with Gasteiger partial charge in [0, 0.05) is 12.7 Å². The molecule has 0 radical (unpaired) electrons. The molecular weight excluding hydrogens is 183 g/mol. The van der Waals surface area contributed by atoms with Gasteiger partial charge in [0.25, 0.3) is 0 Å². The summed E-state index contributed by atoms with van der Waals surface area (Å²) in [6, 6.07) is 4.64. The fourth-order valence-electron chi connectivity index (χ4n) is 1.15. The first kappa shape index (κ1) is 11.0. The van der Waals surface area contributed by atoms with Crippen molar-refractivity contribution in [2.75, 3.05) is 19.8 Å². The van der Waals surface area contributed by atoms with Crippen LogP contribution in [0.4, 0.5) is 4.39 Å². The molecule has 0 saturated carbocycles. The molecule has 0 N–H and O–H groups in total. The largest absolute Gasteiger partial charge is 0.491 e. The van der Waals surface area contributed by atoms with Crippen molar-refractivity contribution in [1.82, 2.24) is 0 Å². The summed E-state index contributed by atoms with van der Waals surface area (Å²) in [4.78, 5) is 0. The van der Waals surface area contributed by atoms with Crippen molar-refractivity contribution >= 4 is 0 Å². The third-order valence-electron chi connectivity index (χ3n) is 1.72. The van der Waals surface area contributed by atoms with Gasteiger partial charge in [0.05, 0.1) is 6.61 Å². The highest BCUT2D eigenvalue weighted by atomic mass is 19.1. The predicted molar refractivity (Wildman–Crippen MR) is 53.1 cm³/mol. The van der Waals surface area contributed by atoms with Crippen molar-refractivity contribution in [3.63, 3.8) is 0 Å². The molecule has 0 atom stereocenters. The molecule has 0 aromatic heterocycles. The zero-order valence-corrected chi connectivity index (χ0v) is 8.55. The average molecular weight is 198 g/mol. The van der Waals surface area contributed by atoms with Crippen LogP contribution in [-0.4, -0.2) is 19.8 Å². The molecule has 1 aromatic rings. The summed E-state index contributed by atoms with van der Waals surface area (Å²) in [6.07, 6.45) is 0. The van der Waals surface area contributed by atoms with E-state index in [9.17, 15) is 4.39 Å². The van der Waals surface area contributed by atoms with Gasteiger partial charge in [-0.3, -0.25) is 0 Å². The molecule has 0 saturated heterocycles. The Bertz CT molecular complexity index is 266. The lowest BCUT2D eigenvalue weighted by atomic mass is 10.2. The van der Waals surface area contributed by atoms with Crippen molar-refractivity contribution in [1.29, 1.82) is 0 Å². The van der Waals surface area contributed by atoms with Crippen molar-refractivity contribution in [2.24, 2.45) is 0 Å². The summed E-state index contributed by atoms with van der Waals surface area (Å²) in [6.45, 7) is 5.42. The Morgan fingerprint density at radius 1 is 1.21 bits per heavy atom. The molecule has 1 rings (SSSR count). The lowest BCUT2D eigenvalue weighted by Crippen LogP contribution is -2.06. The molecule has 0 aliphatic heterocycles. The minimum Gasteiger partial charge on any atom is -0.491 e. The first-order valence-electron chi connectivity index (χ1n) is 4.70. The molecule has 0 heterocycles. The smallest absolute Gasteiger partial charge is 0.127 e. The predicted octanol–water partition coefficient (Wildman–Crippen LogP) is 2.55. The molecule has 78 valence electrons. The molecule has 0 bridgehead atoms. The van der Waals surface area contributed by atoms with Gasteiger partial charge in [-0.15, -0.1) is 0 Å². The molecule has 14 heavy (non-hydrogen) atoms. The first-order valence-corrected chi connectivity index (χ1v) is 4.70. The van der Waals surface area contributed by atoms with E-state index in [-0.39, 0.29) is 5.82 Å². The Morgan fingerprint density at radius 2 is 2.00 bits per heavy atom. The number of ether oxygens (including phenoxy) is 2. The SMILES string of the molecule is CCOCCOc1cc(C)cc(F)c1. The standard InChI is InChI=1S/C11H15FO2/c1-3-13-4-5-14-11-7-9(2)6-10(12)8-11/h6-8H,3-5H2,1-2H3. The summed E-state index contributed by atoms with van der Waals surface area (Å²) >= 11 is 0. The fourth-order valence-corrected chi connectivity index (χ4v) is 1.15. The van der Waals surface area contributed by atoms with Crippen molar-refractivity contribution in [3.8, 4) is 5.75 Å². The van der Waals surface area contributed by atoms with E-state index in [4.69, 9.17) is 9.47 Å². The second kappa shape index (κ2) is 5.60. The summed E-state index contributed by atoms with van der Waals surface area (Å²) in [7, 11) is 0. The zero-order valence-electron chi connectivity index (χ0n) is 8.55. The van der Waals surface area contributed by atoms with E-state index in [0.717, 1.165) is 5.56 Å². The highest BCUT2D eigenvalue weighted by Gasteiger charge is 1.98. The van der Waals surface area contributed by atoms with Gasteiger partial charge in [0.2, 0.25) is 0 Å². The summed E-state index contributed by atoms with van der Waals surface area (Å²) in [5.74, 6) is 0.290. The van der Waals surface area contributed by atoms with Crippen LogP contribution in [0.1, 0.15) is 12.5 Å². The van der Waals surface area contributed by atoms with Crippen LogP contribution in [0.3, 0.4) is 0 Å². The normalized spacial score (nSPS) is 10.2. The highest BCUT2D eigenvalue weighted by molar-refractivity contribution is 5.28. The summed E-state index contributed by atoms with van der Waals surface area (Å²) < 4.78 is 23.3. The number of hydrogen-bond donors (Lipinski definition) is 0. The van der Waals surface area contributed by atoms with E-state index in [2.05, 4.69) is 0 Å². The van der Waals surface area contributed by atoms with Gasteiger partial charge in [-0.2, -0.15) is 0 Å². The maximum atomic E-state index is 12.9. The van der Waals surface area contributed by atoms with Crippen LogP contribution < -0.4 is 4.74 Å². The number of rotatable bonds is 5. The summed E-state index contributed by atoms with van der Waals surface area (Å²) in [5.41, 5.74) is 0.858. The summed E-state index contributed by atoms with van der Waals surface area (Å²) in [5, 5.41) is 0. The molecular formula is C11H15FO2. The van der Waals surface area contributed by atoms with Crippen LogP contribution in [0.5, 0.6) is 5.75 Å². The van der Waals surface area contributed by atoms with Crippen molar-refractivity contribution in [3.05, 3.63) is 29.6 Å². The number of aryl methyl sites for hydroxylation is 1. The molecule has 2 nitrogen and oxygen atoms in total. The third-order valence-corrected chi connectivity index (χ3v) is 1.72. The zero-order chi connectivity index (χ0) is 10.4. The fraction of sp³-hybridized carbons (Fsp3) is 0.455. The van der Waals surface area contributed by atoms with Crippen LogP contribution in [0.25, 0.3) is 0 Å². The second-order valence-electron chi connectivity index (χ2n) is 3.01. The lowest BCUT2D eigenvalue weighted by Gasteiger charge is -2.06. The van der Waals surface area contributed by atoms with Crippen molar-refractivity contribution < 1.29 is 13.9 Å². The minimum atomic E-state index is -0.267. The number of halogens is 1. The first-order chi connectivity index (χ1) is 6.72. The molecule has 1 aromatic carbocycles. The van der Waals surface area contributed by atoms with E-state index < -0.39 is 0 Å². The molecule has 0 aliphatic rings. The Morgan fingerprint density at radius 3 is 2.64 bits per heavy atom. The van der Waals surface area contributed by atoms with Gasteiger partial charge in [0.1, 0.15) is 18.2 Å². The number of hydrogen-bond acceptors (Lipinski definition) is 2. The lowest BCUT2D eigenvalue weighted by molar-refractivity contribution is 0.110. The van der Waals surface area contributed by atoms with Gasteiger partial charge in [0.15, 0.2) is 0 Å². The maximum absolute atomic E-state index is 12.9.